The molecule has 4 nitrogen and oxygen atoms in total. The lowest BCUT2D eigenvalue weighted by atomic mass is 9.98. The molecule has 0 saturated carbocycles. The zero-order valence-electron chi connectivity index (χ0n) is 11.8. The quantitative estimate of drug-likeness (QED) is 0.856. The molecule has 2 unspecified atom stereocenters. The summed E-state index contributed by atoms with van der Waals surface area (Å²) in [5.41, 5.74) is 1.64. The van der Waals surface area contributed by atoms with Crippen molar-refractivity contribution in [3.05, 3.63) is 65.7 Å². The molecule has 0 heterocycles. The molecular formula is C17H18O4. The third-order valence-electron chi connectivity index (χ3n) is 3.33. The van der Waals surface area contributed by atoms with Gasteiger partial charge in [0.15, 0.2) is 0 Å². The van der Waals surface area contributed by atoms with Crippen LogP contribution in [0, 0.1) is 5.92 Å². The van der Waals surface area contributed by atoms with Gasteiger partial charge in [0.2, 0.25) is 0 Å². The molecule has 0 saturated heterocycles. The molecule has 0 aliphatic rings. The first-order chi connectivity index (χ1) is 10.1. The van der Waals surface area contributed by atoms with Crippen molar-refractivity contribution in [2.45, 2.75) is 19.6 Å². The van der Waals surface area contributed by atoms with Crippen LogP contribution in [0.3, 0.4) is 0 Å². The lowest BCUT2D eigenvalue weighted by Gasteiger charge is -2.15. The lowest BCUT2D eigenvalue weighted by molar-refractivity contribution is -0.145. The molecule has 2 aromatic rings. The average molecular weight is 286 g/mol. The van der Waals surface area contributed by atoms with Crippen LogP contribution in [0.1, 0.15) is 24.2 Å². The summed E-state index contributed by atoms with van der Waals surface area (Å²) in [6, 6.07) is 16.6. The molecule has 2 N–H and O–H groups in total. The van der Waals surface area contributed by atoms with E-state index in [0.29, 0.717) is 17.9 Å². The van der Waals surface area contributed by atoms with Crippen molar-refractivity contribution in [3.63, 3.8) is 0 Å². The van der Waals surface area contributed by atoms with Crippen LogP contribution in [-0.4, -0.2) is 16.2 Å². The number of carbonyl (C=O) groups is 1. The summed E-state index contributed by atoms with van der Waals surface area (Å²) in [4.78, 5) is 10.9. The molecule has 0 aliphatic carbocycles. The maximum absolute atomic E-state index is 10.9. The van der Waals surface area contributed by atoms with Gasteiger partial charge in [0.05, 0.1) is 12.0 Å². The summed E-state index contributed by atoms with van der Waals surface area (Å²) in [6.45, 7) is 1.95. The fraction of sp³-hybridized carbons (Fsp3) is 0.235. The van der Waals surface area contributed by atoms with Crippen LogP contribution in [0.15, 0.2) is 54.6 Å². The Kier molecular flexibility index (Phi) is 4.95. The number of carboxylic acid groups (broad SMARTS) is 1. The number of aliphatic hydroxyl groups excluding tert-OH is 1. The van der Waals surface area contributed by atoms with Gasteiger partial charge in [-0.3, -0.25) is 4.79 Å². The van der Waals surface area contributed by atoms with E-state index in [9.17, 15) is 9.90 Å². The van der Waals surface area contributed by atoms with Gasteiger partial charge in [0, 0.05) is 0 Å². The predicted molar refractivity (Wildman–Crippen MR) is 79.0 cm³/mol. The maximum Gasteiger partial charge on any atom is 0.309 e. The Balaban J connectivity index is 1.97. The average Bonchev–Trinajstić information content (AvgIpc) is 2.53. The largest absolute Gasteiger partial charge is 0.489 e. The van der Waals surface area contributed by atoms with E-state index in [4.69, 9.17) is 9.84 Å². The Labute approximate surface area is 123 Å². The van der Waals surface area contributed by atoms with Crippen molar-refractivity contribution in [3.8, 4) is 5.75 Å². The molecule has 4 heteroatoms. The standard InChI is InChI=1S/C17H18O4/c1-12(17(19)20)16(18)14-7-9-15(10-8-14)21-11-13-5-3-2-4-6-13/h2-10,12,16,18H,11H2,1H3,(H,19,20). The molecule has 0 spiro atoms. The number of carboxylic acids is 1. The van der Waals surface area contributed by atoms with Crippen LogP contribution in [0.5, 0.6) is 5.75 Å². The van der Waals surface area contributed by atoms with Gasteiger partial charge in [-0.1, -0.05) is 42.5 Å². The van der Waals surface area contributed by atoms with Crippen LogP contribution < -0.4 is 4.74 Å². The highest BCUT2D eigenvalue weighted by Gasteiger charge is 2.22. The fourth-order valence-corrected chi connectivity index (χ4v) is 1.93. The SMILES string of the molecule is CC(C(=O)O)C(O)c1ccc(OCc2ccccc2)cc1. The van der Waals surface area contributed by atoms with E-state index >= 15 is 0 Å². The number of ether oxygens (including phenoxy) is 1. The molecule has 0 fully saturated rings. The van der Waals surface area contributed by atoms with Crippen molar-refractivity contribution < 1.29 is 19.7 Å². The molecule has 21 heavy (non-hydrogen) atoms. The van der Waals surface area contributed by atoms with Gasteiger partial charge >= 0.3 is 5.97 Å². The van der Waals surface area contributed by atoms with E-state index in [1.165, 1.54) is 6.92 Å². The second kappa shape index (κ2) is 6.90. The molecule has 0 radical (unpaired) electrons. The van der Waals surface area contributed by atoms with Gasteiger partial charge in [-0.15, -0.1) is 0 Å². The smallest absolute Gasteiger partial charge is 0.309 e. The van der Waals surface area contributed by atoms with Crippen molar-refractivity contribution in [1.82, 2.24) is 0 Å². The van der Waals surface area contributed by atoms with Gasteiger partial charge < -0.3 is 14.9 Å². The van der Waals surface area contributed by atoms with Crippen molar-refractivity contribution in [2.75, 3.05) is 0 Å². The molecule has 2 aromatic carbocycles. The number of hydrogen-bond acceptors (Lipinski definition) is 3. The Morgan fingerprint density at radius 1 is 1.10 bits per heavy atom. The van der Waals surface area contributed by atoms with E-state index in [0.717, 1.165) is 5.56 Å². The molecule has 0 aromatic heterocycles. The molecular weight excluding hydrogens is 268 g/mol. The first-order valence-electron chi connectivity index (χ1n) is 6.75. The van der Waals surface area contributed by atoms with Gasteiger partial charge in [0.1, 0.15) is 12.4 Å². The van der Waals surface area contributed by atoms with E-state index in [-0.39, 0.29) is 0 Å². The third kappa shape index (κ3) is 4.07. The Morgan fingerprint density at radius 3 is 2.29 bits per heavy atom. The molecule has 0 aliphatic heterocycles. The highest BCUT2D eigenvalue weighted by atomic mass is 16.5. The Morgan fingerprint density at radius 2 is 1.71 bits per heavy atom. The number of hydrogen-bond donors (Lipinski definition) is 2. The van der Waals surface area contributed by atoms with Crippen molar-refractivity contribution in [2.24, 2.45) is 5.92 Å². The number of aliphatic carboxylic acids is 1. The first kappa shape index (κ1) is 15.1. The minimum absolute atomic E-state index is 0.467. The van der Waals surface area contributed by atoms with Crippen molar-refractivity contribution >= 4 is 5.97 Å². The topological polar surface area (TPSA) is 66.8 Å². The number of aliphatic hydroxyl groups is 1. The summed E-state index contributed by atoms with van der Waals surface area (Å²) >= 11 is 0. The molecule has 2 rings (SSSR count). The van der Waals surface area contributed by atoms with Gasteiger partial charge in [-0.2, -0.15) is 0 Å². The molecule has 0 bridgehead atoms. The summed E-state index contributed by atoms with van der Waals surface area (Å²) < 4.78 is 5.64. The Hall–Kier alpha value is -2.33. The van der Waals surface area contributed by atoms with Crippen LogP contribution in [0.25, 0.3) is 0 Å². The normalized spacial score (nSPS) is 13.4. The monoisotopic (exact) mass is 286 g/mol. The van der Waals surface area contributed by atoms with Crippen LogP contribution in [-0.2, 0) is 11.4 Å². The number of rotatable bonds is 6. The maximum atomic E-state index is 10.9. The molecule has 110 valence electrons. The summed E-state index contributed by atoms with van der Waals surface area (Å²) in [6.07, 6.45) is -1.02. The van der Waals surface area contributed by atoms with Crippen LogP contribution >= 0.6 is 0 Å². The van der Waals surface area contributed by atoms with E-state index in [1.54, 1.807) is 24.3 Å². The van der Waals surface area contributed by atoms with Gasteiger partial charge in [-0.05, 0) is 30.2 Å². The predicted octanol–water partition coefficient (Wildman–Crippen LogP) is 3.02. The summed E-state index contributed by atoms with van der Waals surface area (Å²) in [5, 5.41) is 18.8. The minimum Gasteiger partial charge on any atom is -0.489 e. The Bertz CT molecular complexity index is 577. The highest BCUT2D eigenvalue weighted by molar-refractivity contribution is 5.70. The van der Waals surface area contributed by atoms with E-state index < -0.39 is 18.0 Å². The van der Waals surface area contributed by atoms with Crippen LogP contribution in [0.4, 0.5) is 0 Å². The van der Waals surface area contributed by atoms with Gasteiger partial charge in [-0.25, -0.2) is 0 Å². The first-order valence-corrected chi connectivity index (χ1v) is 6.75. The minimum atomic E-state index is -1.02. The summed E-state index contributed by atoms with van der Waals surface area (Å²) in [7, 11) is 0. The summed E-state index contributed by atoms with van der Waals surface area (Å²) in [5.74, 6) is -1.19. The van der Waals surface area contributed by atoms with E-state index in [2.05, 4.69) is 0 Å². The van der Waals surface area contributed by atoms with Crippen molar-refractivity contribution in [1.29, 1.82) is 0 Å². The third-order valence-corrected chi connectivity index (χ3v) is 3.33. The second-order valence-corrected chi connectivity index (χ2v) is 4.92. The lowest BCUT2D eigenvalue weighted by Crippen LogP contribution is -2.18. The van der Waals surface area contributed by atoms with Crippen LogP contribution in [0.2, 0.25) is 0 Å². The van der Waals surface area contributed by atoms with E-state index in [1.807, 2.05) is 30.3 Å². The number of benzene rings is 2. The zero-order chi connectivity index (χ0) is 15.2. The fourth-order valence-electron chi connectivity index (χ4n) is 1.93. The zero-order valence-corrected chi connectivity index (χ0v) is 11.8. The van der Waals surface area contributed by atoms with Gasteiger partial charge in [0.25, 0.3) is 0 Å². The highest BCUT2D eigenvalue weighted by Crippen LogP contribution is 2.24. The second-order valence-electron chi connectivity index (χ2n) is 4.92. The molecule has 2 atom stereocenters. The molecule has 0 amide bonds.